The van der Waals surface area contributed by atoms with E-state index in [0.29, 0.717) is 102 Å². The van der Waals surface area contributed by atoms with Crippen LogP contribution in [-0.2, 0) is 40.1 Å². The number of halogens is 2. The van der Waals surface area contributed by atoms with Crippen molar-refractivity contribution in [1.29, 1.82) is 0 Å². The van der Waals surface area contributed by atoms with Crippen LogP contribution in [0.15, 0.2) is 85.5 Å². The molecule has 0 spiro atoms. The Hall–Kier alpha value is -5.82. The minimum absolute atomic E-state index is 0.218. The van der Waals surface area contributed by atoms with Crippen LogP contribution in [0.3, 0.4) is 0 Å². The van der Waals surface area contributed by atoms with Crippen LogP contribution < -0.4 is 20.0 Å². The predicted molar refractivity (Wildman–Crippen MR) is 329 cm³/mol. The molecule has 4 aromatic heterocycles. The van der Waals surface area contributed by atoms with E-state index in [0.717, 1.165) is 79.3 Å². The fourth-order valence-corrected chi connectivity index (χ4v) is 14.4. The molecule has 11 rings (SSSR count). The number of sulfonamides is 4. The molecular formula is C52H72Cl2N16O8S4. The van der Waals surface area contributed by atoms with Gasteiger partial charge >= 0.3 is 0 Å². The summed E-state index contributed by atoms with van der Waals surface area (Å²) in [5.74, 6) is 0.218. The van der Waals surface area contributed by atoms with Gasteiger partial charge < -0.3 is 20.0 Å². The first-order chi connectivity index (χ1) is 38.9. The Balaban J connectivity index is 0.000000144. The number of piperazine rings is 2. The van der Waals surface area contributed by atoms with Crippen LogP contribution in [0.1, 0.15) is 33.6 Å². The van der Waals surface area contributed by atoms with Gasteiger partial charge in [0, 0.05) is 153 Å². The molecule has 3 saturated heterocycles. The van der Waals surface area contributed by atoms with Crippen molar-refractivity contribution in [3.05, 3.63) is 95.5 Å². The second-order valence-electron chi connectivity index (χ2n) is 20.5. The largest absolute Gasteiger partial charge is 0.383 e. The van der Waals surface area contributed by atoms with E-state index in [4.69, 9.17) is 23.2 Å². The molecule has 5 N–H and O–H groups in total. The average Bonchev–Trinajstić information content (AvgIpc) is 4.44. The molecule has 0 aliphatic carbocycles. The molecule has 0 radical (unpaired) electrons. The zero-order valence-corrected chi connectivity index (χ0v) is 51.5. The molecule has 0 bridgehead atoms. The maximum absolute atomic E-state index is 12.2. The van der Waals surface area contributed by atoms with Crippen LogP contribution >= 0.6 is 23.2 Å². The van der Waals surface area contributed by atoms with Crippen LogP contribution in [-0.4, -0.2) is 214 Å². The Kier molecular flexibility index (Phi) is 20.4. The number of benzene rings is 4. The summed E-state index contributed by atoms with van der Waals surface area (Å²) in [6.07, 6.45) is 11.1. The average molecular weight is 1250 g/mol. The minimum atomic E-state index is -3.18. The minimum Gasteiger partial charge on any atom is -0.383 e. The highest BCUT2D eigenvalue weighted by Gasteiger charge is 2.31. The van der Waals surface area contributed by atoms with Gasteiger partial charge in [0.2, 0.25) is 40.1 Å². The SMILES string of the molecule is CC(C)S(=O)(=O)N1CCN(c2cc(Cl)cc3[nH]ncc23)CC1.CCCS(=O)(=O)N1CCN(c2cc(Cl)cc3[nH]ncc23)CC1.CN(CCNc1cccc2[nH]ncc12)S(C)(=O)=O.CS(=O)(=O)N1CCCN(c2cccc3[nH]ncc23)CC1. The van der Waals surface area contributed by atoms with Gasteiger partial charge in [-0.05, 0) is 75.2 Å². The van der Waals surface area contributed by atoms with Gasteiger partial charge in [0.25, 0.3) is 0 Å². The summed E-state index contributed by atoms with van der Waals surface area (Å²) in [7, 11) is -10.9. The number of nitrogens with zero attached hydrogens (tertiary/aromatic N) is 11. The standard InChI is InChI=1S/2C14H19ClN4O2S.C13H18N4O2S.C11H16N4O2S/c1-10(2)22(20,21)19-5-3-18(4-6-19)14-8-11(15)7-13-12(14)9-16-17-13;1-2-7-22(20,21)19-5-3-18(4-6-19)14-9-11(15)8-13-12(14)10-16-17-13;1-20(18,19)17-7-3-6-16(8-9-17)13-5-2-4-12-11(13)10-14-15-12;1-15(18(2,16)17)7-6-12-10-4-3-5-11-9(10)8-13-14-11/h7-10H,3-6H2,1-2H3,(H,16,17);8-10H,2-7H2,1H3,(H,16,17);2,4-5,10H,3,6-9H2,1H3,(H,14,15);3-5,8,12H,6-7H2,1-2H3,(H,13,14). The summed E-state index contributed by atoms with van der Waals surface area (Å²) in [6.45, 7) is 13.6. The number of hydrogen-bond acceptors (Lipinski definition) is 16. The summed E-state index contributed by atoms with van der Waals surface area (Å²) in [5.41, 5.74) is 7.81. The molecule has 0 saturated carbocycles. The monoisotopic (exact) mass is 1250 g/mol. The summed E-state index contributed by atoms with van der Waals surface area (Å²) >= 11 is 12.3. The quantitative estimate of drug-likeness (QED) is 0.0828. The zero-order chi connectivity index (χ0) is 59.0. The third-order valence-electron chi connectivity index (χ3n) is 14.5. The molecule has 24 nitrogen and oxygen atoms in total. The maximum Gasteiger partial charge on any atom is 0.216 e. The van der Waals surface area contributed by atoms with Crippen LogP contribution in [0.4, 0.5) is 22.7 Å². The number of aromatic amines is 4. The number of nitrogens with one attached hydrogen (secondary N) is 5. The highest BCUT2D eigenvalue weighted by molar-refractivity contribution is 7.90. The maximum atomic E-state index is 12.2. The Labute approximate surface area is 489 Å². The van der Waals surface area contributed by atoms with E-state index in [9.17, 15) is 33.7 Å². The summed E-state index contributed by atoms with van der Waals surface area (Å²) < 4.78 is 100. The zero-order valence-electron chi connectivity index (χ0n) is 46.8. The van der Waals surface area contributed by atoms with Crippen molar-refractivity contribution in [1.82, 2.24) is 58.0 Å². The van der Waals surface area contributed by atoms with E-state index >= 15 is 0 Å². The first-order valence-corrected chi connectivity index (χ1v) is 34.4. The molecule has 8 aromatic rings. The number of anilines is 4. The first kappa shape index (κ1) is 62.2. The topological polar surface area (TPSA) is 286 Å². The molecule has 30 heteroatoms. The van der Waals surface area contributed by atoms with E-state index < -0.39 is 40.1 Å². The van der Waals surface area contributed by atoms with Gasteiger partial charge in [-0.1, -0.05) is 42.3 Å². The van der Waals surface area contributed by atoms with E-state index in [-0.39, 0.29) is 11.0 Å². The lowest BCUT2D eigenvalue weighted by molar-refractivity contribution is 0.381. The molecule has 3 aliphatic heterocycles. The van der Waals surface area contributed by atoms with E-state index in [1.807, 2.05) is 67.7 Å². The number of rotatable bonds is 14. The molecule has 7 heterocycles. The van der Waals surface area contributed by atoms with Crippen LogP contribution in [0.5, 0.6) is 0 Å². The number of fused-ring (bicyclic) bond motifs is 4. The fraction of sp³-hybridized carbons (Fsp3) is 0.462. The predicted octanol–water partition coefficient (Wildman–Crippen LogP) is 6.06. The van der Waals surface area contributed by atoms with Gasteiger partial charge in [-0.2, -0.15) is 29.0 Å². The number of hydrogen-bond donors (Lipinski definition) is 5. The molecule has 446 valence electrons. The summed E-state index contributed by atoms with van der Waals surface area (Å²) in [6, 6.07) is 19.4. The Morgan fingerprint density at radius 1 is 0.561 bits per heavy atom. The van der Waals surface area contributed by atoms with Crippen molar-refractivity contribution in [2.75, 3.05) is 137 Å². The van der Waals surface area contributed by atoms with Crippen LogP contribution in [0.2, 0.25) is 10.0 Å². The Bertz CT molecular complexity index is 3900. The van der Waals surface area contributed by atoms with Gasteiger partial charge in [0.05, 0.1) is 70.4 Å². The Morgan fingerprint density at radius 3 is 1.51 bits per heavy atom. The lowest BCUT2D eigenvalue weighted by Gasteiger charge is -2.36. The van der Waals surface area contributed by atoms with Crippen LogP contribution in [0, 0.1) is 0 Å². The van der Waals surface area contributed by atoms with Crippen molar-refractivity contribution < 1.29 is 33.7 Å². The Morgan fingerprint density at radius 2 is 1.01 bits per heavy atom. The van der Waals surface area contributed by atoms with Gasteiger partial charge in [-0.15, -0.1) is 0 Å². The highest BCUT2D eigenvalue weighted by Crippen LogP contribution is 2.33. The van der Waals surface area contributed by atoms with E-state index in [1.54, 1.807) is 52.4 Å². The number of H-pyrrole nitrogens is 4. The number of likely N-dealkylation sites (N-methyl/N-ethyl adjacent to an activating group) is 1. The third kappa shape index (κ3) is 15.3. The molecule has 82 heavy (non-hydrogen) atoms. The number of aromatic nitrogens is 8. The van der Waals surface area contributed by atoms with Crippen molar-refractivity contribution in [3.8, 4) is 0 Å². The van der Waals surface area contributed by atoms with Crippen molar-refractivity contribution in [2.45, 2.75) is 38.9 Å². The molecular weight excluding hydrogens is 1180 g/mol. The van der Waals surface area contributed by atoms with Crippen molar-refractivity contribution >= 4 is 130 Å². The second-order valence-corrected chi connectivity index (χ2v) is 30.0. The summed E-state index contributed by atoms with van der Waals surface area (Å²) in [5, 5.41) is 36.1. The fourth-order valence-electron chi connectivity index (χ4n) is 9.93. The molecule has 3 fully saturated rings. The smallest absolute Gasteiger partial charge is 0.216 e. The van der Waals surface area contributed by atoms with E-state index in [1.165, 1.54) is 16.8 Å². The normalized spacial score (nSPS) is 16.5. The summed E-state index contributed by atoms with van der Waals surface area (Å²) in [4.78, 5) is 6.57. The molecule has 3 aliphatic rings. The van der Waals surface area contributed by atoms with Crippen LogP contribution in [0.25, 0.3) is 43.6 Å². The highest BCUT2D eigenvalue weighted by atomic mass is 35.5. The molecule has 0 unspecified atom stereocenters. The molecule has 0 amide bonds. The van der Waals surface area contributed by atoms with Gasteiger partial charge in [0.1, 0.15) is 0 Å². The molecule has 4 aromatic carbocycles. The van der Waals surface area contributed by atoms with Crippen molar-refractivity contribution in [3.63, 3.8) is 0 Å². The van der Waals surface area contributed by atoms with Gasteiger partial charge in [-0.3, -0.25) is 20.4 Å². The lowest BCUT2D eigenvalue weighted by atomic mass is 10.2. The van der Waals surface area contributed by atoms with Crippen molar-refractivity contribution in [2.24, 2.45) is 0 Å². The second kappa shape index (κ2) is 26.8. The first-order valence-electron chi connectivity index (χ1n) is 26.9. The van der Waals surface area contributed by atoms with E-state index in [2.05, 4.69) is 66.9 Å². The lowest BCUT2D eigenvalue weighted by Crippen LogP contribution is -2.50. The molecule has 0 atom stereocenters. The third-order valence-corrected chi connectivity index (χ3v) is 21.9. The van der Waals surface area contributed by atoms with Gasteiger partial charge in [0.15, 0.2) is 0 Å². The van der Waals surface area contributed by atoms with Gasteiger partial charge in [-0.25, -0.2) is 42.3 Å².